The van der Waals surface area contributed by atoms with Crippen LogP contribution >= 0.6 is 0 Å². The summed E-state index contributed by atoms with van der Waals surface area (Å²) in [4.78, 5) is 24.9. The molecule has 0 radical (unpaired) electrons. The average Bonchev–Trinajstić information content (AvgIpc) is 2.60. The summed E-state index contributed by atoms with van der Waals surface area (Å²) in [7, 11) is 3.41. The maximum Gasteiger partial charge on any atom is 0.317 e. The number of hydrogen-bond donors (Lipinski definition) is 2. The van der Waals surface area contributed by atoms with Gasteiger partial charge in [0, 0.05) is 19.6 Å². The normalized spacial score (nSPS) is 20.2. The first-order chi connectivity index (χ1) is 11.5. The Morgan fingerprint density at radius 1 is 1.25 bits per heavy atom. The Hall–Kier alpha value is -2.24. The largest absolute Gasteiger partial charge is 0.496 e. The van der Waals surface area contributed by atoms with Gasteiger partial charge in [-0.1, -0.05) is 18.2 Å². The molecule has 2 rings (SSSR count). The highest BCUT2D eigenvalue weighted by molar-refractivity contribution is 5.74. The predicted molar refractivity (Wildman–Crippen MR) is 91.2 cm³/mol. The summed E-state index contributed by atoms with van der Waals surface area (Å²) in [6.07, 6.45) is 3.43. The van der Waals surface area contributed by atoms with Gasteiger partial charge in [0.05, 0.1) is 13.0 Å². The summed E-state index contributed by atoms with van der Waals surface area (Å²) in [6.45, 7) is 0.594. The second-order valence-corrected chi connectivity index (χ2v) is 6.32. The molecule has 6 heteroatoms. The third-order valence-electron chi connectivity index (χ3n) is 4.66. The Morgan fingerprint density at radius 2 is 1.92 bits per heavy atom. The lowest BCUT2D eigenvalue weighted by molar-refractivity contribution is -0.142. The van der Waals surface area contributed by atoms with E-state index in [9.17, 15) is 9.59 Å². The van der Waals surface area contributed by atoms with Crippen molar-refractivity contribution in [3.63, 3.8) is 0 Å². The minimum atomic E-state index is -0.728. The van der Waals surface area contributed by atoms with Gasteiger partial charge >= 0.3 is 12.0 Å². The van der Waals surface area contributed by atoms with Gasteiger partial charge in [-0.3, -0.25) is 4.79 Å². The third kappa shape index (κ3) is 4.88. The molecular weight excluding hydrogens is 308 g/mol. The van der Waals surface area contributed by atoms with Gasteiger partial charge in [-0.2, -0.15) is 0 Å². The molecule has 1 aromatic carbocycles. The number of nitrogens with one attached hydrogen (secondary N) is 1. The molecule has 132 valence electrons. The van der Waals surface area contributed by atoms with Crippen LogP contribution in [0, 0.1) is 5.92 Å². The van der Waals surface area contributed by atoms with Gasteiger partial charge in [-0.05, 0) is 43.7 Å². The summed E-state index contributed by atoms with van der Waals surface area (Å²) < 4.78 is 5.32. The van der Waals surface area contributed by atoms with Crippen molar-refractivity contribution in [3.8, 4) is 5.75 Å². The van der Waals surface area contributed by atoms with Crippen molar-refractivity contribution in [2.24, 2.45) is 5.92 Å². The van der Waals surface area contributed by atoms with Crippen LogP contribution in [-0.4, -0.2) is 48.8 Å². The number of para-hydroxylation sites is 1. The van der Waals surface area contributed by atoms with Crippen molar-refractivity contribution in [2.75, 3.05) is 20.7 Å². The third-order valence-corrected chi connectivity index (χ3v) is 4.66. The Balaban J connectivity index is 1.77. The molecular formula is C18H26N2O4. The number of nitrogens with zero attached hydrogens (tertiary/aromatic N) is 1. The number of urea groups is 1. The van der Waals surface area contributed by atoms with Crippen LogP contribution < -0.4 is 10.1 Å². The van der Waals surface area contributed by atoms with E-state index in [1.54, 1.807) is 19.1 Å². The molecule has 2 amide bonds. The van der Waals surface area contributed by atoms with Crippen LogP contribution in [0.2, 0.25) is 0 Å². The van der Waals surface area contributed by atoms with E-state index in [1.807, 2.05) is 24.3 Å². The van der Waals surface area contributed by atoms with E-state index in [0.29, 0.717) is 19.4 Å². The standard InChI is InChI=1S/C18H26N2O4/c1-20(12-11-13-5-3-4-6-16(13)24-2)18(23)19-15-9-7-14(8-10-15)17(21)22/h3-6,14-15H,7-12H2,1-2H3,(H,19,23)(H,21,22). The van der Waals surface area contributed by atoms with Crippen LogP contribution in [0.1, 0.15) is 31.2 Å². The topological polar surface area (TPSA) is 78.9 Å². The first-order valence-corrected chi connectivity index (χ1v) is 8.37. The number of carboxylic acids is 1. The highest BCUT2D eigenvalue weighted by Crippen LogP contribution is 2.24. The number of ether oxygens (including phenoxy) is 1. The second-order valence-electron chi connectivity index (χ2n) is 6.32. The maximum atomic E-state index is 12.3. The first kappa shape index (κ1) is 18.1. The van der Waals surface area contributed by atoms with Gasteiger partial charge in [-0.25, -0.2) is 4.79 Å². The van der Waals surface area contributed by atoms with Crippen LogP contribution in [0.25, 0.3) is 0 Å². The molecule has 1 aliphatic rings. The molecule has 1 fully saturated rings. The van der Waals surface area contributed by atoms with Gasteiger partial charge in [-0.15, -0.1) is 0 Å². The number of likely N-dealkylation sites (N-methyl/N-ethyl adjacent to an activating group) is 1. The molecule has 0 aromatic heterocycles. The zero-order valence-corrected chi connectivity index (χ0v) is 14.3. The van der Waals surface area contributed by atoms with Gasteiger partial charge in [0.25, 0.3) is 0 Å². The van der Waals surface area contributed by atoms with E-state index >= 15 is 0 Å². The van der Waals surface area contributed by atoms with Crippen molar-refractivity contribution in [2.45, 2.75) is 38.1 Å². The highest BCUT2D eigenvalue weighted by Gasteiger charge is 2.27. The van der Waals surface area contributed by atoms with Crippen LogP contribution in [0.4, 0.5) is 4.79 Å². The summed E-state index contributed by atoms with van der Waals surface area (Å²) in [5, 5.41) is 12.0. The van der Waals surface area contributed by atoms with Gasteiger partial charge in [0.15, 0.2) is 0 Å². The lowest BCUT2D eigenvalue weighted by Gasteiger charge is -2.29. The number of methoxy groups -OCH3 is 1. The van der Waals surface area contributed by atoms with E-state index in [-0.39, 0.29) is 18.0 Å². The van der Waals surface area contributed by atoms with Crippen molar-refractivity contribution < 1.29 is 19.4 Å². The van der Waals surface area contributed by atoms with Crippen molar-refractivity contribution in [3.05, 3.63) is 29.8 Å². The fraction of sp³-hybridized carbons (Fsp3) is 0.556. The minimum absolute atomic E-state index is 0.0711. The van der Waals surface area contributed by atoms with Gasteiger partial charge in [0.1, 0.15) is 5.75 Å². The molecule has 0 bridgehead atoms. The van der Waals surface area contributed by atoms with Crippen molar-refractivity contribution >= 4 is 12.0 Å². The lowest BCUT2D eigenvalue weighted by atomic mass is 9.86. The van der Waals surface area contributed by atoms with E-state index in [1.165, 1.54) is 0 Å². The molecule has 0 atom stereocenters. The molecule has 0 heterocycles. The highest BCUT2D eigenvalue weighted by atomic mass is 16.5. The quantitative estimate of drug-likeness (QED) is 0.838. The van der Waals surface area contributed by atoms with Crippen LogP contribution in [-0.2, 0) is 11.2 Å². The zero-order valence-electron chi connectivity index (χ0n) is 14.3. The number of amides is 2. The molecule has 2 N–H and O–H groups in total. The van der Waals surface area contributed by atoms with E-state index in [2.05, 4.69) is 5.32 Å². The van der Waals surface area contributed by atoms with E-state index < -0.39 is 5.97 Å². The Kier molecular flexibility index (Phi) is 6.46. The molecule has 24 heavy (non-hydrogen) atoms. The second kappa shape index (κ2) is 8.57. The fourth-order valence-electron chi connectivity index (χ4n) is 3.07. The fourth-order valence-corrected chi connectivity index (χ4v) is 3.07. The summed E-state index contributed by atoms with van der Waals surface area (Å²) in [6, 6.07) is 7.75. The maximum absolute atomic E-state index is 12.3. The molecule has 1 saturated carbocycles. The average molecular weight is 334 g/mol. The molecule has 0 aliphatic heterocycles. The Bertz CT molecular complexity index is 568. The SMILES string of the molecule is COc1ccccc1CCN(C)C(=O)NC1CCC(C(=O)O)CC1. The summed E-state index contributed by atoms with van der Waals surface area (Å²) in [5.74, 6) is -0.159. The number of hydrogen-bond acceptors (Lipinski definition) is 3. The van der Waals surface area contributed by atoms with Gasteiger partial charge in [0.2, 0.25) is 0 Å². The number of carboxylic acid groups (broad SMARTS) is 1. The molecule has 1 aliphatic carbocycles. The smallest absolute Gasteiger partial charge is 0.317 e. The molecule has 0 unspecified atom stereocenters. The number of carbonyl (C=O) groups is 2. The Labute approximate surface area is 142 Å². The number of carbonyl (C=O) groups excluding carboxylic acids is 1. The Morgan fingerprint density at radius 3 is 2.54 bits per heavy atom. The van der Waals surface area contributed by atoms with Crippen molar-refractivity contribution in [1.82, 2.24) is 10.2 Å². The van der Waals surface area contributed by atoms with E-state index in [0.717, 1.165) is 30.6 Å². The zero-order chi connectivity index (χ0) is 17.5. The monoisotopic (exact) mass is 334 g/mol. The molecule has 0 spiro atoms. The van der Waals surface area contributed by atoms with Crippen LogP contribution in [0.15, 0.2) is 24.3 Å². The molecule has 6 nitrogen and oxygen atoms in total. The molecule has 0 saturated heterocycles. The summed E-state index contributed by atoms with van der Waals surface area (Å²) in [5.41, 5.74) is 1.07. The number of aliphatic carboxylic acids is 1. The van der Waals surface area contributed by atoms with Crippen LogP contribution in [0.3, 0.4) is 0 Å². The number of rotatable bonds is 6. The lowest BCUT2D eigenvalue weighted by Crippen LogP contribution is -2.45. The van der Waals surface area contributed by atoms with E-state index in [4.69, 9.17) is 9.84 Å². The van der Waals surface area contributed by atoms with Gasteiger partial charge < -0.3 is 20.1 Å². The predicted octanol–water partition coefficient (Wildman–Crippen LogP) is 2.52. The molecule has 1 aromatic rings. The minimum Gasteiger partial charge on any atom is -0.496 e. The first-order valence-electron chi connectivity index (χ1n) is 8.37. The number of benzene rings is 1. The van der Waals surface area contributed by atoms with Crippen LogP contribution in [0.5, 0.6) is 5.75 Å². The van der Waals surface area contributed by atoms with Crippen molar-refractivity contribution in [1.29, 1.82) is 0 Å². The summed E-state index contributed by atoms with van der Waals surface area (Å²) >= 11 is 0.